The largest absolute Gasteiger partial charge is 0.228 e. The monoisotopic (exact) mass is 672 g/mol. The molecule has 1 aromatic heterocycles. The van der Waals surface area contributed by atoms with E-state index in [1.165, 1.54) is 60.8 Å². The Morgan fingerprint density at radius 3 is 1.51 bits per heavy atom. The molecule has 0 saturated heterocycles. The van der Waals surface area contributed by atoms with E-state index in [2.05, 4.69) is 188 Å². The zero-order valence-electron chi connectivity index (χ0n) is 28.9. The number of fused-ring (bicyclic) bond motifs is 11. The molecule has 9 aromatic rings. The molecular weight excluding hydrogens is 641 g/mol. The normalized spacial score (nSPS) is 13.1. The second kappa shape index (κ2) is 11.6. The van der Waals surface area contributed by atoms with Crippen molar-refractivity contribution in [1.29, 1.82) is 0 Å². The second-order valence-corrected chi connectivity index (χ2v) is 14.1. The molecule has 0 aliphatic heterocycles. The Morgan fingerprint density at radius 1 is 0.302 bits per heavy atom. The van der Waals surface area contributed by atoms with Gasteiger partial charge in [0.25, 0.3) is 0 Å². The van der Waals surface area contributed by atoms with E-state index in [-0.39, 0.29) is 5.41 Å². The quantitative estimate of drug-likeness (QED) is 0.186. The van der Waals surface area contributed by atoms with Crippen molar-refractivity contribution in [2.75, 3.05) is 0 Å². The molecule has 0 atom stereocenters. The molecule has 2 heteroatoms. The number of aromatic nitrogens is 2. The summed E-state index contributed by atoms with van der Waals surface area (Å²) < 4.78 is 0. The zero-order valence-corrected chi connectivity index (χ0v) is 28.9. The van der Waals surface area contributed by atoms with Gasteiger partial charge in [0.05, 0.1) is 16.8 Å². The average molecular weight is 673 g/mol. The van der Waals surface area contributed by atoms with Crippen LogP contribution in [-0.2, 0) is 5.41 Å². The van der Waals surface area contributed by atoms with Crippen LogP contribution in [0.1, 0.15) is 22.3 Å². The summed E-state index contributed by atoms with van der Waals surface area (Å²) in [6, 6.07) is 70.2. The van der Waals surface area contributed by atoms with Crippen LogP contribution in [0, 0.1) is 0 Å². The van der Waals surface area contributed by atoms with Gasteiger partial charge < -0.3 is 0 Å². The minimum Gasteiger partial charge on any atom is -0.228 e. The Morgan fingerprint density at radius 2 is 0.811 bits per heavy atom. The number of nitrogens with zero attached hydrogens (tertiary/aromatic N) is 2. The fourth-order valence-electron chi connectivity index (χ4n) is 9.01. The van der Waals surface area contributed by atoms with Gasteiger partial charge in [-0.15, -0.1) is 0 Å². The van der Waals surface area contributed by atoms with Crippen molar-refractivity contribution in [2.24, 2.45) is 0 Å². The van der Waals surface area contributed by atoms with Crippen LogP contribution in [0.2, 0.25) is 0 Å². The highest BCUT2D eigenvalue weighted by atomic mass is 14.9. The van der Waals surface area contributed by atoms with E-state index in [0.29, 0.717) is 5.82 Å². The first-order valence-corrected chi connectivity index (χ1v) is 18.2. The summed E-state index contributed by atoms with van der Waals surface area (Å²) in [5.74, 6) is 0.711. The fraction of sp³-hybridized carbons (Fsp3) is 0.0196. The highest BCUT2D eigenvalue weighted by molar-refractivity contribution is 5.97. The number of hydrogen-bond donors (Lipinski definition) is 0. The third-order valence-corrected chi connectivity index (χ3v) is 11.3. The fourth-order valence-corrected chi connectivity index (χ4v) is 9.01. The summed E-state index contributed by atoms with van der Waals surface area (Å²) in [6.07, 6.45) is 0. The molecule has 0 N–H and O–H groups in total. The molecule has 0 unspecified atom stereocenters. The van der Waals surface area contributed by atoms with Gasteiger partial charge in [-0.2, -0.15) is 0 Å². The molecule has 8 aromatic carbocycles. The first-order chi connectivity index (χ1) is 26.3. The van der Waals surface area contributed by atoms with Crippen LogP contribution >= 0.6 is 0 Å². The highest BCUT2D eigenvalue weighted by Crippen LogP contribution is 2.63. The van der Waals surface area contributed by atoms with E-state index in [4.69, 9.17) is 9.97 Å². The number of benzene rings is 8. The molecule has 0 amide bonds. The van der Waals surface area contributed by atoms with Gasteiger partial charge in [-0.05, 0) is 78.5 Å². The molecule has 0 bridgehead atoms. The number of rotatable bonds is 4. The van der Waals surface area contributed by atoms with E-state index in [1.807, 2.05) is 6.07 Å². The van der Waals surface area contributed by atoms with Crippen LogP contribution in [-0.4, -0.2) is 9.97 Å². The number of hydrogen-bond acceptors (Lipinski definition) is 2. The molecule has 0 radical (unpaired) electrons. The van der Waals surface area contributed by atoms with E-state index in [9.17, 15) is 0 Å². The van der Waals surface area contributed by atoms with Gasteiger partial charge in [0.15, 0.2) is 5.82 Å². The zero-order chi connectivity index (χ0) is 34.9. The van der Waals surface area contributed by atoms with Gasteiger partial charge in [0.2, 0.25) is 0 Å². The van der Waals surface area contributed by atoms with Gasteiger partial charge in [0, 0.05) is 16.7 Å². The molecule has 0 fully saturated rings. The molecule has 11 rings (SSSR count). The summed E-state index contributed by atoms with van der Waals surface area (Å²) in [6.45, 7) is 0. The topological polar surface area (TPSA) is 25.8 Å². The standard InChI is InChI=1S/C51H32N2/c1-2-14-35(15-3-1)48-32-49(43-21-12-16-34-13-4-5-17-38(34)43)53-50(52-48)36-27-25-33(26-28-36)37-29-30-42-41-20-8-11-24-46(41)51(47(42)31-37)44-22-9-6-18-39(44)40-19-7-10-23-45(40)51/h1-32H. The van der Waals surface area contributed by atoms with Crippen LogP contribution < -0.4 is 0 Å². The molecule has 53 heavy (non-hydrogen) atoms. The van der Waals surface area contributed by atoms with Crippen LogP contribution in [0.15, 0.2) is 194 Å². The first-order valence-electron chi connectivity index (χ1n) is 18.2. The summed E-state index contributed by atoms with van der Waals surface area (Å²) in [5, 5.41) is 2.37. The van der Waals surface area contributed by atoms with E-state index in [1.54, 1.807) is 0 Å². The Bertz CT molecular complexity index is 2820. The van der Waals surface area contributed by atoms with Gasteiger partial charge in [-0.25, -0.2) is 9.97 Å². The van der Waals surface area contributed by atoms with Crippen LogP contribution in [0.25, 0.3) is 78.1 Å². The van der Waals surface area contributed by atoms with Crippen molar-refractivity contribution in [3.8, 4) is 67.3 Å². The molecule has 2 aliphatic carbocycles. The summed E-state index contributed by atoms with van der Waals surface area (Å²) >= 11 is 0. The predicted octanol–water partition coefficient (Wildman–Crippen LogP) is 12.6. The van der Waals surface area contributed by atoms with Crippen LogP contribution in [0.5, 0.6) is 0 Å². The third-order valence-electron chi connectivity index (χ3n) is 11.3. The summed E-state index contributed by atoms with van der Waals surface area (Å²) in [4.78, 5) is 10.3. The van der Waals surface area contributed by atoms with Crippen molar-refractivity contribution in [1.82, 2.24) is 9.97 Å². The summed E-state index contributed by atoms with van der Waals surface area (Å²) in [5.41, 5.74) is 17.6. The molecule has 2 aliphatic rings. The maximum Gasteiger partial charge on any atom is 0.160 e. The van der Waals surface area contributed by atoms with Gasteiger partial charge in [-0.3, -0.25) is 0 Å². The maximum atomic E-state index is 5.20. The predicted molar refractivity (Wildman–Crippen MR) is 218 cm³/mol. The molecule has 0 saturated carbocycles. The van der Waals surface area contributed by atoms with E-state index in [0.717, 1.165) is 33.6 Å². The van der Waals surface area contributed by atoms with Crippen molar-refractivity contribution in [2.45, 2.75) is 5.41 Å². The van der Waals surface area contributed by atoms with E-state index >= 15 is 0 Å². The van der Waals surface area contributed by atoms with E-state index < -0.39 is 0 Å². The lowest BCUT2D eigenvalue weighted by Crippen LogP contribution is -2.25. The molecule has 246 valence electrons. The molecular formula is C51H32N2. The molecule has 1 heterocycles. The Hall–Kier alpha value is -6.90. The highest BCUT2D eigenvalue weighted by Gasteiger charge is 2.51. The second-order valence-electron chi connectivity index (χ2n) is 14.1. The Balaban J connectivity index is 1.05. The summed E-state index contributed by atoms with van der Waals surface area (Å²) in [7, 11) is 0. The van der Waals surface area contributed by atoms with Gasteiger partial charge in [0.1, 0.15) is 0 Å². The minimum atomic E-state index is -0.362. The van der Waals surface area contributed by atoms with Crippen molar-refractivity contribution < 1.29 is 0 Å². The minimum absolute atomic E-state index is 0.362. The maximum absolute atomic E-state index is 5.20. The van der Waals surface area contributed by atoms with Crippen LogP contribution in [0.4, 0.5) is 0 Å². The lowest BCUT2D eigenvalue weighted by Gasteiger charge is -2.30. The third kappa shape index (κ3) is 4.39. The van der Waals surface area contributed by atoms with Crippen molar-refractivity contribution >= 4 is 10.8 Å². The molecule has 2 nitrogen and oxygen atoms in total. The van der Waals surface area contributed by atoms with Crippen molar-refractivity contribution in [3.05, 3.63) is 216 Å². The first kappa shape index (κ1) is 29.8. The van der Waals surface area contributed by atoms with Gasteiger partial charge >= 0.3 is 0 Å². The Kier molecular flexibility index (Phi) is 6.50. The van der Waals surface area contributed by atoms with Crippen LogP contribution in [0.3, 0.4) is 0 Å². The smallest absolute Gasteiger partial charge is 0.160 e. The lowest BCUT2D eigenvalue weighted by molar-refractivity contribution is 0.794. The average Bonchev–Trinajstić information content (AvgIpc) is 3.71. The SMILES string of the molecule is c1ccc(-c2cc(-c3cccc4ccccc34)nc(-c3ccc(-c4ccc5c(c4)C4(c6ccccc6-c6ccccc64)c4ccccc4-5)cc3)n2)cc1. The lowest BCUT2D eigenvalue weighted by atomic mass is 9.70. The Labute approximate surface area is 308 Å². The van der Waals surface area contributed by atoms with Crippen molar-refractivity contribution in [3.63, 3.8) is 0 Å². The molecule has 1 spiro atoms. The van der Waals surface area contributed by atoms with Gasteiger partial charge in [-0.1, -0.05) is 182 Å².